The lowest BCUT2D eigenvalue weighted by molar-refractivity contribution is 0.0730. The summed E-state index contributed by atoms with van der Waals surface area (Å²) in [4.78, 5) is 23.1. The van der Waals surface area contributed by atoms with Crippen molar-refractivity contribution in [3.63, 3.8) is 0 Å². The number of nitrogen functional groups attached to an aromatic ring is 1. The maximum atomic E-state index is 12.8. The number of nitrogens with one attached hydrogen (secondary N) is 3. The van der Waals surface area contributed by atoms with Crippen molar-refractivity contribution in [3.8, 4) is 0 Å². The van der Waals surface area contributed by atoms with Crippen molar-refractivity contribution in [2.45, 2.75) is 26.3 Å². The zero-order valence-corrected chi connectivity index (χ0v) is 17.3. The lowest BCUT2D eigenvalue weighted by atomic mass is 10.1. The SMILES string of the molecule is CCC(CNc1nc2ccccc2o1)N(C)C(=O)c1nc(C)ccc1N.N=CC=N. The fraction of sp³-hybridized carbons (Fsp3) is 0.286. The van der Waals surface area contributed by atoms with Crippen LogP contribution in [-0.4, -0.2) is 52.8 Å². The topological polar surface area (TPSA) is 145 Å². The van der Waals surface area contributed by atoms with Crippen molar-refractivity contribution in [3.05, 3.63) is 47.8 Å². The maximum Gasteiger partial charge on any atom is 0.295 e. The maximum absolute atomic E-state index is 12.8. The van der Waals surface area contributed by atoms with Crippen LogP contribution in [0.2, 0.25) is 0 Å². The predicted molar refractivity (Wildman–Crippen MR) is 120 cm³/mol. The van der Waals surface area contributed by atoms with Crippen molar-refractivity contribution < 1.29 is 9.21 Å². The molecule has 3 rings (SSSR count). The van der Waals surface area contributed by atoms with Gasteiger partial charge in [-0.25, -0.2) is 4.98 Å². The Balaban J connectivity index is 0.000000735. The van der Waals surface area contributed by atoms with Gasteiger partial charge in [0.25, 0.3) is 11.9 Å². The number of pyridine rings is 1. The summed E-state index contributed by atoms with van der Waals surface area (Å²) in [7, 11) is 1.76. The lowest BCUT2D eigenvalue weighted by Gasteiger charge is -2.27. The molecule has 0 aliphatic rings. The summed E-state index contributed by atoms with van der Waals surface area (Å²) in [5.74, 6) is -0.197. The second-order valence-corrected chi connectivity index (χ2v) is 6.57. The molecule has 9 nitrogen and oxygen atoms in total. The highest BCUT2D eigenvalue weighted by Crippen LogP contribution is 2.19. The second kappa shape index (κ2) is 10.7. The van der Waals surface area contributed by atoms with Gasteiger partial charge >= 0.3 is 0 Å². The predicted octanol–water partition coefficient (Wildman–Crippen LogP) is 3.36. The van der Waals surface area contributed by atoms with E-state index in [1.807, 2.05) is 38.1 Å². The minimum atomic E-state index is -0.197. The Kier molecular flexibility index (Phi) is 8.04. The molecule has 30 heavy (non-hydrogen) atoms. The van der Waals surface area contributed by atoms with Crippen LogP contribution < -0.4 is 11.1 Å². The molecule has 0 saturated carbocycles. The van der Waals surface area contributed by atoms with Crippen molar-refractivity contribution in [1.82, 2.24) is 14.9 Å². The fourth-order valence-electron chi connectivity index (χ4n) is 2.78. The normalized spacial score (nSPS) is 11.2. The third kappa shape index (κ3) is 5.63. The summed E-state index contributed by atoms with van der Waals surface area (Å²) in [5, 5.41) is 15.3. The van der Waals surface area contributed by atoms with Crippen LogP contribution in [0, 0.1) is 17.7 Å². The Morgan fingerprint density at radius 3 is 2.57 bits per heavy atom. The molecule has 1 atom stereocenters. The molecule has 0 aliphatic carbocycles. The van der Waals surface area contributed by atoms with Crippen molar-refractivity contribution in [2.75, 3.05) is 24.6 Å². The average Bonchev–Trinajstić information content (AvgIpc) is 3.18. The molecular weight excluding hydrogens is 382 g/mol. The van der Waals surface area contributed by atoms with Gasteiger partial charge in [0, 0.05) is 37.8 Å². The zero-order valence-electron chi connectivity index (χ0n) is 17.3. The Hall–Kier alpha value is -3.75. The van der Waals surface area contributed by atoms with Gasteiger partial charge in [0.2, 0.25) is 0 Å². The van der Waals surface area contributed by atoms with Gasteiger partial charge in [-0.3, -0.25) is 4.79 Å². The van der Waals surface area contributed by atoms with E-state index in [9.17, 15) is 4.79 Å². The molecule has 0 bridgehead atoms. The highest BCUT2D eigenvalue weighted by Gasteiger charge is 2.23. The molecule has 1 amide bonds. The molecule has 158 valence electrons. The number of oxazole rings is 1. The molecule has 0 aliphatic heterocycles. The Morgan fingerprint density at radius 1 is 1.23 bits per heavy atom. The number of rotatable bonds is 7. The first-order chi connectivity index (χ1) is 14.4. The van der Waals surface area contributed by atoms with Crippen molar-refractivity contribution in [2.24, 2.45) is 0 Å². The van der Waals surface area contributed by atoms with E-state index < -0.39 is 0 Å². The first-order valence-corrected chi connectivity index (χ1v) is 9.50. The van der Waals surface area contributed by atoms with Crippen molar-refractivity contribution >= 4 is 41.1 Å². The van der Waals surface area contributed by atoms with Crippen LogP contribution in [0.5, 0.6) is 0 Å². The number of anilines is 2. The Labute approximate surface area is 175 Å². The third-order valence-corrected chi connectivity index (χ3v) is 4.47. The summed E-state index contributed by atoms with van der Waals surface area (Å²) in [6.07, 6.45) is 2.60. The summed E-state index contributed by atoms with van der Waals surface area (Å²) < 4.78 is 5.66. The number of hydrogen-bond acceptors (Lipinski definition) is 8. The quantitative estimate of drug-likeness (QED) is 0.440. The first kappa shape index (κ1) is 22.5. The molecular formula is C21H27N7O2. The summed E-state index contributed by atoms with van der Waals surface area (Å²) in [6.45, 7) is 4.37. The van der Waals surface area contributed by atoms with Crippen LogP contribution in [0.1, 0.15) is 29.5 Å². The van der Waals surface area contributed by atoms with Crippen LogP contribution in [0.4, 0.5) is 11.7 Å². The molecule has 0 spiro atoms. The largest absolute Gasteiger partial charge is 0.424 e. The van der Waals surface area contributed by atoms with E-state index >= 15 is 0 Å². The molecule has 3 aromatic rings. The Bertz CT molecular complexity index is 977. The number of aryl methyl sites for hydroxylation is 1. The number of fused-ring (bicyclic) bond motifs is 1. The molecule has 1 aromatic carbocycles. The molecule has 1 unspecified atom stereocenters. The van der Waals surface area contributed by atoms with Crippen LogP contribution >= 0.6 is 0 Å². The third-order valence-electron chi connectivity index (χ3n) is 4.47. The smallest absolute Gasteiger partial charge is 0.295 e. The number of amides is 1. The molecule has 2 heterocycles. The monoisotopic (exact) mass is 409 g/mol. The molecule has 2 aromatic heterocycles. The highest BCUT2D eigenvalue weighted by atomic mass is 16.4. The molecule has 0 saturated heterocycles. The summed E-state index contributed by atoms with van der Waals surface area (Å²) >= 11 is 0. The van der Waals surface area contributed by atoms with Crippen LogP contribution in [-0.2, 0) is 0 Å². The number of carbonyl (C=O) groups is 1. The van der Waals surface area contributed by atoms with E-state index in [0.29, 0.717) is 18.2 Å². The molecule has 0 radical (unpaired) electrons. The summed E-state index contributed by atoms with van der Waals surface area (Å²) in [5.41, 5.74) is 8.88. The minimum Gasteiger partial charge on any atom is -0.424 e. The first-order valence-electron chi connectivity index (χ1n) is 9.50. The van der Waals surface area contributed by atoms with Gasteiger partial charge < -0.3 is 31.2 Å². The van der Waals surface area contributed by atoms with Gasteiger partial charge in [-0.15, -0.1) is 0 Å². The number of benzene rings is 1. The van der Waals surface area contributed by atoms with Gasteiger partial charge in [-0.05, 0) is 37.6 Å². The fourth-order valence-corrected chi connectivity index (χ4v) is 2.78. The lowest BCUT2D eigenvalue weighted by Crippen LogP contribution is -2.41. The van der Waals surface area contributed by atoms with Gasteiger partial charge in [0.15, 0.2) is 11.3 Å². The van der Waals surface area contributed by atoms with Crippen LogP contribution in [0.15, 0.2) is 40.8 Å². The minimum absolute atomic E-state index is 0.0563. The zero-order chi connectivity index (χ0) is 22.1. The molecule has 9 heteroatoms. The Morgan fingerprint density at radius 2 is 1.93 bits per heavy atom. The number of hydrogen-bond donors (Lipinski definition) is 4. The van der Waals surface area contributed by atoms with E-state index in [4.69, 9.17) is 21.0 Å². The number of aromatic nitrogens is 2. The van der Waals surface area contributed by atoms with E-state index in [1.54, 1.807) is 24.1 Å². The number of para-hydroxylation sites is 2. The number of nitrogens with two attached hydrogens (primary N) is 1. The van der Waals surface area contributed by atoms with Crippen molar-refractivity contribution in [1.29, 1.82) is 10.8 Å². The molecule has 0 fully saturated rings. The second-order valence-electron chi connectivity index (χ2n) is 6.57. The van der Waals surface area contributed by atoms with E-state index in [-0.39, 0.29) is 17.6 Å². The summed E-state index contributed by atoms with van der Waals surface area (Å²) in [6, 6.07) is 11.5. The van der Waals surface area contributed by atoms with Crippen LogP contribution in [0.3, 0.4) is 0 Å². The van der Waals surface area contributed by atoms with Gasteiger partial charge in [0.05, 0.1) is 5.69 Å². The van der Waals surface area contributed by atoms with E-state index in [0.717, 1.165) is 35.6 Å². The van der Waals surface area contributed by atoms with Gasteiger partial charge in [-0.1, -0.05) is 19.1 Å². The standard InChI is InChI=1S/C19H23N5O2.C2H4N2/c1-4-13(11-21-19-23-15-7-5-6-8-16(15)26-19)24(3)18(25)17-14(20)10-9-12(2)22-17;3-1-2-4/h5-10,13H,4,11,20H2,1-3H3,(H,21,23);1-4H. The number of carbonyl (C=O) groups excluding carboxylic acids is 1. The average molecular weight is 409 g/mol. The van der Waals surface area contributed by atoms with Crippen LogP contribution in [0.25, 0.3) is 11.1 Å². The highest BCUT2D eigenvalue weighted by molar-refractivity contribution is 6.12. The molecule has 5 N–H and O–H groups in total. The van der Waals surface area contributed by atoms with Gasteiger partial charge in [-0.2, -0.15) is 4.98 Å². The van der Waals surface area contributed by atoms with E-state index in [2.05, 4.69) is 15.3 Å². The van der Waals surface area contributed by atoms with E-state index in [1.165, 1.54) is 0 Å². The number of likely N-dealkylation sites (N-methyl/N-ethyl adjacent to an activating group) is 1. The number of nitrogens with zero attached hydrogens (tertiary/aromatic N) is 3. The van der Waals surface area contributed by atoms with Gasteiger partial charge in [0.1, 0.15) is 5.52 Å².